The first kappa shape index (κ1) is 15.7. The van der Waals surface area contributed by atoms with Crippen molar-refractivity contribution in [2.45, 2.75) is 25.3 Å². The van der Waals surface area contributed by atoms with Gasteiger partial charge in [-0.3, -0.25) is 14.5 Å². The smallest absolute Gasteiger partial charge is 0.324 e. The molecule has 0 atom stereocenters. The number of imide groups is 1. The molecule has 3 aliphatic heterocycles. The van der Waals surface area contributed by atoms with E-state index in [1.165, 1.54) is 4.90 Å². The zero-order valence-corrected chi connectivity index (χ0v) is 13.7. The highest BCUT2D eigenvalue weighted by Gasteiger charge is 2.37. The minimum Gasteiger partial charge on any atom is -0.454 e. The molecular formula is C17H19N3O5. The molecule has 4 rings (SSSR count). The quantitative estimate of drug-likeness (QED) is 0.806. The molecule has 0 aromatic heterocycles. The van der Waals surface area contributed by atoms with Gasteiger partial charge in [-0.2, -0.15) is 0 Å². The van der Waals surface area contributed by atoms with Gasteiger partial charge in [-0.25, -0.2) is 4.79 Å². The van der Waals surface area contributed by atoms with Crippen molar-refractivity contribution >= 4 is 17.8 Å². The molecular weight excluding hydrogens is 326 g/mol. The van der Waals surface area contributed by atoms with Gasteiger partial charge in [0, 0.05) is 19.1 Å². The topological polar surface area (TPSA) is 88.2 Å². The van der Waals surface area contributed by atoms with Crippen molar-refractivity contribution in [2.75, 3.05) is 26.4 Å². The van der Waals surface area contributed by atoms with Crippen molar-refractivity contribution in [1.29, 1.82) is 0 Å². The number of amides is 4. The van der Waals surface area contributed by atoms with E-state index in [0.29, 0.717) is 43.9 Å². The number of nitrogens with zero attached hydrogens (tertiary/aromatic N) is 2. The maximum Gasteiger partial charge on any atom is 0.324 e. The van der Waals surface area contributed by atoms with Crippen LogP contribution >= 0.6 is 0 Å². The van der Waals surface area contributed by atoms with Gasteiger partial charge in [0.15, 0.2) is 11.5 Å². The molecule has 8 heteroatoms. The molecule has 0 saturated carbocycles. The third kappa shape index (κ3) is 2.99. The summed E-state index contributed by atoms with van der Waals surface area (Å²) in [6.07, 6.45) is 1.53. The van der Waals surface area contributed by atoms with Crippen molar-refractivity contribution in [3.05, 3.63) is 23.8 Å². The van der Waals surface area contributed by atoms with Gasteiger partial charge >= 0.3 is 6.03 Å². The van der Waals surface area contributed by atoms with Gasteiger partial charge in [-0.1, -0.05) is 6.07 Å². The Kier molecular flexibility index (Phi) is 3.95. The van der Waals surface area contributed by atoms with Crippen LogP contribution < -0.4 is 14.8 Å². The Morgan fingerprint density at radius 1 is 1.16 bits per heavy atom. The summed E-state index contributed by atoms with van der Waals surface area (Å²) in [7, 11) is 0. The van der Waals surface area contributed by atoms with Crippen LogP contribution in [0.1, 0.15) is 18.4 Å². The van der Waals surface area contributed by atoms with Crippen LogP contribution in [0, 0.1) is 0 Å². The summed E-state index contributed by atoms with van der Waals surface area (Å²) in [4.78, 5) is 39.1. The van der Waals surface area contributed by atoms with Crippen LogP contribution in [0.3, 0.4) is 0 Å². The third-order valence-corrected chi connectivity index (χ3v) is 4.85. The Labute approximate surface area is 144 Å². The third-order valence-electron chi connectivity index (χ3n) is 4.85. The van der Waals surface area contributed by atoms with Crippen molar-refractivity contribution in [2.24, 2.45) is 0 Å². The standard InChI is InChI=1S/C17H19N3O5/c21-15(8-11-1-2-13-14(7-11)25-10-24-13)19-5-3-12(4-6-19)20-16(22)9-18-17(20)23/h1-2,7,12H,3-6,8-10H2,(H,18,23). The molecule has 0 aliphatic carbocycles. The normalized spacial score (nSPS) is 20.2. The van der Waals surface area contributed by atoms with Crippen molar-refractivity contribution in [3.63, 3.8) is 0 Å². The van der Waals surface area contributed by atoms with Gasteiger partial charge in [0.2, 0.25) is 18.6 Å². The predicted molar refractivity (Wildman–Crippen MR) is 86.1 cm³/mol. The van der Waals surface area contributed by atoms with Crippen LogP contribution in [0.15, 0.2) is 18.2 Å². The number of hydrogen-bond donors (Lipinski definition) is 1. The Morgan fingerprint density at radius 3 is 2.64 bits per heavy atom. The molecule has 132 valence electrons. The molecule has 0 radical (unpaired) electrons. The maximum atomic E-state index is 12.5. The number of carbonyl (C=O) groups is 3. The summed E-state index contributed by atoms with van der Waals surface area (Å²) in [5.74, 6) is 1.22. The van der Waals surface area contributed by atoms with Crippen molar-refractivity contribution in [1.82, 2.24) is 15.1 Å². The van der Waals surface area contributed by atoms with Crippen molar-refractivity contribution < 1.29 is 23.9 Å². The van der Waals surface area contributed by atoms with Gasteiger partial charge < -0.3 is 19.7 Å². The number of rotatable bonds is 3. The minimum atomic E-state index is -0.324. The average molecular weight is 345 g/mol. The second-order valence-electron chi connectivity index (χ2n) is 6.40. The molecule has 0 bridgehead atoms. The van der Waals surface area contributed by atoms with Crippen LogP contribution in [-0.4, -0.2) is 60.1 Å². The summed E-state index contributed by atoms with van der Waals surface area (Å²) >= 11 is 0. The molecule has 0 spiro atoms. The summed E-state index contributed by atoms with van der Waals surface area (Å²) in [6.45, 7) is 1.38. The second-order valence-corrected chi connectivity index (χ2v) is 6.40. The summed E-state index contributed by atoms with van der Waals surface area (Å²) in [6, 6.07) is 5.07. The minimum absolute atomic E-state index is 0.0366. The number of fused-ring (bicyclic) bond motifs is 1. The molecule has 25 heavy (non-hydrogen) atoms. The highest BCUT2D eigenvalue weighted by Crippen LogP contribution is 2.32. The van der Waals surface area contributed by atoms with Crippen LogP contribution in [-0.2, 0) is 16.0 Å². The lowest BCUT2D eigenvalue weighted by Crippen LogP contribution is -2.49. The van der Waals surface area contributed by atoms with E-state index in [1.54, 1.807) is 4.90 Å². The van der Waals surface area contributed by atoms with Gasteiger partial charge in [0.05, 0.1) is 13.0 Å². The SMILES string of the molecule is O=C(Cc1ccc2c(c1)OCO2)N1CCC(N2C(=O)CNC2=O)CC1. The zero-order valence-electron chi connectivity index (χ0n) is 13.7. The number of carbonyl (C=O) groups excluding carboxylic acids is 3. The van der Waals surface area contributed by atoms with E-state index in [2.05, 4.69) is 5.32 Å². The molecule has 2 saturated heterocycles. The van der Waals surface area contributed by atoms with Gasteiger partial charge in [0.25, 0.3) is 0 Å². The lowest BCUT2D eigenvalue weighted by atomic mass is 10.0. The molecule has 2 fully saturated rings. The summed E-state index contributed by atoms with van der Waals surface area (Å²) < 4.78 is 10.6. The first-order valence-corrected chi connectivity index (χ1v) is 8.38. The zero-order chi connectivity index (χ0) is 17.4. The Balaban J connectivity index is 1.34. The lowest BCUT2D eigenvalue weighted by Gasteiger charge is -2.35. The number of ether oxygens (including phenoxy) is 2. The predicted octanol–water partition coefficient (Wildman–Crippen LogP) is 0.501. The van der Waals surface area contributed by atoms with Crippen LogP contribution in [0.25, 0.3) is 0 Å². The van der Waals surface area contributed by atoms with Crippen LogP contribution in [0.2, 0.25) is 0 Å². The highest BCUT2D eigenvalue weighted by molar-refractivity contribution is 6.02. The van der Waals surface area contributed by atoms with Crippen LogP contribution in [0.4, 0.5) is 4.79 Å². The number of likely N-dealkylation sites (tertiary alicyclic amines) is 1. The fourth-order valence-corrected chi connectivity index (χ4v) is 3.52. The first-order valence-electron chi connectivity index (χ1n) is 8.38. The fourth-order valence-electron chi connectivity index (χ4n) is 3.52. The molecule has 1 N–H and O–H groups in total. The van der Waals surface area contributed by atoms with E-state index in [1.807, 2.05) is 18.2 Å². The lowest BCUT2D eigenvalue weighted by molar-refractivity contribution is -0.132. The molecule has 1 aromatic carbocycles. The van der Waals surface area contributed by atoms with E-state index >= 15 is 0 Å². The average Bonchev–Trinajstić information content (AvgIpc) is 3.21. The monoisotopic (exact) mass is 345 g/mol. The van der Waals surface area contributed by atoms with E-state index in [4.69, 9.17) is 9.47 Å². The number of piperidine rings is 1. The molecule has 4 amide bonds. The van der Waals surface area contributed by atoms with Gasteiger partial charge in [-0.05, 0) is 30.5 Å². The molecule has 0 unspecified atom stereocenters. The van der Waals surface area contributed by atoms with E-state index in [-0.39, 0.29) is 37.2 Å². The second kappa shape index (κ2) is 6.27. The molecule has 3 aliphatic rings. The largest absolute Gasteiger partial charge is 0.454 e. The van der Waals surface area contributed by atoms with Crippen molar-refractivity contribution in [3.8, 4) is 11.5 Å². The number of benzene rings is 1. The highest BCUT2D eigenvalue weighted by atomic mass is 16.7. The first-order chi connectivity index (χ1) is 12.1. The Bertz CT molecular complexity index is 711. The number of hydrogen-bond acceptors (Lipinski definition) is 5. The summed E-state index contributed by atoms with van der Waals surface area (Å²) in [5.41, 5.74) is 0.880. The van der Waals surface area contributed by atoms with Crippen LogP contribution in [0.5, 0.6) is 11.5 Å². The summed E-state index contributed by atoms with van der Waals surface area (Å²) in [5, 5.41) is 2.54. The molecule has 1 aromatic rings. The van der Waals surface area contributed by atoms with E-state index < -0.39 is 0 Å². The number of urea groups is 1. The Hall–Kier alpha value is -2.77. The van der Waals surface area contributed by atoms with Gasteiger partial charge in [0.1, 0.15) is 0 Å². The van der Waals surface area contributed by atoms with Gasteiger partial charge in [-0.15, -0.1) is 0 Å². The van der Waals surface area contributed by atoms with E-state index in [0.717, 1.165) is 5.56 Å². The maximum absolute atomic E-state index is 12.5. The van der Waals surface area contributed by atoms with E-state index in [9.17, 15) is 14.4 Å². The fraction of sp³-hybridized carbons (Fsp3) is 0.471. The molecule has 3 heterocycles. The Morgan fingerprint density at radius 2 is 1.92 bits per heavy atom. The molecule has 8 nitrogen and oxygen atoms in total. The number of nitrogens with one attached hydrogen (secondary N) is 1.